The van der Waals surface area contributed by atoms with Gasteiger partial charge in [0, 0.05) is 53.5 Å². The lowest BCUT2D eigenvalue weighted by Crippen LogP contribution is -1.88. The van der Waals surface area contributed by atoms with Gasteiger partial charge < -0.3 is 4.57 Å². The minimum Gasteiger partial charge on any atom is -0.343 e. The van der Waals surface area contributed by atoms with E-state index in [1.807, 2.05) is 24.8 Å². The van der Waals surface area contributed by atoms with Crippen molar-refractivity contribution < 1.29 is 0 Å². The van der Waals surface area contributed by atoms with Crippen LogP contribution in [0.2, 0.25) is 0 Å². The van der Waals surface area contributed by atoms with E-state index < -0.39 is 0 Å². The summed E-state index contributed by atoms with van der Waals surface area (Å²) in [5.41, 5.74) is 3.75. The van der Waals surface area contributed by atoms with Gasteiger partial charge in [0.15, 0.2) is 0 Å². The van der Waals surface area contributed by atoms with Crippen LogP contribution in [-0.4, -0.2) is 14.5 Å². The zero-order valence-electron chi connectivity index (χ0n) is 10.9. The summed E-state index contributed by atoms with van der Waals surface area (Å²) in [5, 5.41) is 4.94. The molecule has 4 rings (SSSR count). The summed E-state index contributed by atoms with van der Waals surface area (Å²) in [6, 6.07) is 6.37. The van der Waals surface area contributed by atoms with Crippen LogP contribution in [0.3, 0.4) is 0 Å². The standard InChI is InChI=1S/C16H13N3/c1-10-12-8-17-5-3-11(12)7-15-16(10)13-9-18-6-4-14(13)19(15)2/h3-9H,1-2H3. The fourth-order valence-electron chi connectivity index (χ4n) is 3.00. The third kappa shape index (κ3) is 1.27. The van der Waals surface area contributed by atoms with Crippen LogP contribution in [0.25, 0.3) is 32.6 Å². The van der Waals surface area contributed by atoms with Crippen LogP contribution in [0.5, 0.6) is 0 Å². The highest BCUT2D eigenvalue weighted by atomic mass is 14.9. The van der Waals surface area contributed by atoms with Crippen molar-refractivity contribution in [2.45, 2.75) is 6.92 Å². The summed E-state index contributed by atoms with van der Waals surface area (Å²) < 4.78 is 2.24. The van der Waals surface area contributed by atoms with Crippen molar-refractivity contribution in [3.05, 3.63) is 48.5 Å². The molecule has 0 aliphatic carbocycles. The molecule has 0 spiro atoms. The van der Waals surface area contributed by atoms with Crippen LogP contribution >= 0.6 is 0 Å². The van der Waals surface area contributed by atoms with Gasteiger partial charge in [-0.25, -0.2) is 0 Å². The normalized spacial score (nSPS) is 11.7. The van der Waals surface area contributed by atoms with Crippen molar-refractivity contribution in [1.82, 2.24) is 14.5 Å². The third-order valence-electron chi connectivity index (χ3n) is 3.97. The van der Waals surface area contributed by atoms with Crippen LogP contribution in [0, 0.1) is 6.92 Å². The molecule has 3 heteroatoms. The minimum absolute atomic E-state index is 1.21. The van der Waals surface area contributed by atoms with Crippen LogP contribution < -0.4 is 0 Å². The Morgan fingerprint density at radius 1 is 0.947 bits per heavy atom. The van der Waals surface area contributed by atoms with E-state index in [4.69, 9.17) is 0 Å². The molecule has 0 radical (unpaired) electrons. The summed E-state index contributed by atoms with van der Waals surface area (Å²) >= 11 is 0. The molecule has 0 fully saturated rings. The second kappa shape index (κ2) is 3.54. The van der Waals surface area contributed by atoms with Crippen molar-refractivity contribution >= 4 is 32.6 Å². The van der Waals surface area contributed by atoms with Crippen LogP contribution in [-0.2, 0) is 7.05 Å². The molecule has 0 saturated carbocycles. The summed E-state index contributed by atoms with van der Waals surface area (Å²) in [4.78, 5) is 8.51. The number of hydrogen-bond acceptors (Lipinski definition) is 2. The topological polar surface area (TPSA) is 30.7 Å². The molecular weight excluding hydrogens is 234 g/mol. The second-order valence-corrected chi connectivity index (χ2v) is 4.94. The first kappa shape index (κ1) is 10.5. The first-order valence-electron chi connectivity index (χ1n) is 6.33. The Labute approximate surface area is 110 Å². The van der Waals surface area contributed by atoms with Gasteiger partial charge in [0.25, 0.3) is 0 Å². The second-order valence-electron chi connectivity index (χ2n) is 4.94. The highest BCUT2D eigenvalue weighted by Gasteiger charge is 2.12. The Hall–Kier alpha value is -2.42. The van der Waals surface area contributed by atoms with Gasteiger partial charge in [-0.05, 0) is 36.1 Å². The van der Waals surface area contributed by atoms with Crippen molar-refractivity contribution in [2.75, 3.05) is 0 Å². The fraction of sp³-hybridized carbons (Fsp3) is 0.125. The van der Waals surface area contributed by atoms with Gasteiger partial charge in [-0.15, -0.1) is 0 Å². The molecule has 0 amide bonds. The van der Waals surface area contributed by atoms with Crippen molar-refractivity contribution in [2.24, 2.45) is 7.05 Å². The smallest absolute Gasteiger partial charge is 0.0519 e. The van der Waals surface area contributed by atoms with E-state index in [0.717, 1.165) is 0 Å². The van der Waals surface area contributed by atoms with E-state index in [9.17, 15) is 0 Å². The number of fused-ring (bicyclic) bond motifs is 4. The maximum Gasteiger partial charge on any atom is 0.0519 e. The number of benzene rings is 1. The van der Waals surface area contributed by atoms with Gasteiger partial charge >= 0.3 is 0 Å². The summed E-state index contributed by atoms with van der Waals surface area (Å²) in [5.74, 6) is 0. The molecule has 0 atom stereocenters. The average Bonchev–Trinajstić information content (AvgIpc) is 2.74. The molecule has 1 aromatic carbocycles. The predicted octanol–water partition coefficient (Wildman–Crippen LogP) is 3.58. The highest BCUT2D eigenvalue weighted by Crippen LogP contribution is 2.34. The van der Waals surface area contributed by atoms with Gasteiger partial charge in [0.2, 0.25) is 0 Å². The maximum atomic E-state index is 4.27. The van der Waals surface area contributed by atoms with Crippen molar-refractivity contribution in [3.63, 3.8) is 0 Å². The van der Waals surface area contributed by atoms with E-state index in [1.54, 1.807) is 0 Å². The van der Waals surface area contributed by atoms with Gasteiger partial charge in [0.1, 0.15) is 0 Å². The summed E-state index contributed by atoms with van der Waals surface area (Å²) in [6.07, 6.45) is 7.59. The molecule has 19 heavy (non-hydrogen) atoms. The monoisotopic (exact) mass is 247 g/mol. The Balaban J connectivity index is 2.38. The molecule has 3 nitrogen and oxygen atoms in total. The lowest BCUT2D eigenvalue weighted by Gasteiger charge is -2.05. The first-order chi connectivity index (χ1) is 9.27. The number of rotatable bonds is 0. The SMILES string of the molecule is Cc1c2cnccc2cc2c1c1cnccc1n2C. The van der Waals surface area contributed by atoms with Gasteiger partial charge in [-0.2, -0.15) is 0 Å². The van der Waals surface area contributed by atoms with Gasteiger partial charge in [-0.3, -0.25) is 9.97 Å². The molecule has 0 aliphatic rings. The molecular formula is C16H13N3. The zero-order valence-corrected chi connectivity index (χ0v) is 10.9. The van der Waals surface area contributed by atoms with Gasteiger partial charge in [-0.1, -0.05) is 0 Å². The van der Waals surface area contributed by atoms with Crippen LogP contribution in [0.15, 0.2) is 43.0 Å². The zero-order chi connectivity index (χ0) is 13.0. The number of aryl methyl sites for hydroxylation is 2. The Bertz CT molecular complexity index is 935. The highest BCUT2D eigenvalue weighted by molar-refractivity contribution is 6.14. The maximum absolute atomic E-state index is 4.27. The van der Waals surface area contributed by atoms with E-state index in [1.165, 1.54) is 38.1 Å². The Kier molecular flexibility index (Phi) is 1.96. The van der Waals surface area contributed by atoms with E-state index >= 15 is 0 Å². The van der Waals surface area contributed by atoms with E-state index in [2.05, 4.69) is 46.7 Å². The van der Waals surface area contributed by atoms with Crippen LogP contribution in [0.4, 0.5) is 0 Å². The molecule has 0 aliphatic heterocycles. The predicted molar refractivity (Wildman–Crippen MR) is 78.3 cm³/mol. The van der Waals surface area contributed by atoms with E-state index in [0.29, 0.717) is 0 Å². The first-order valence-corrected chi connectivity index (χ1v) is 6.33. The molecule has 92 valence electrons. The lowest BCUT2D eigenvalue weighted by atomic mass is 10.0. The quantitative estimate of drug-likeness (QED) is 0.475. The third-order valence-corrected chi connectivity index (χ3v) is 3.97. The molecule has 0 saturated heterocycles. The van der Waals surface area contributed by atoms with Gasteiger partial charge in [0.05, 0.1) is 5.52 Å². The van der Waals surface area contributed by atoms with Crippen LogP contribution in [0.1, 0.15) is 5.56 Å². The largest absolute Gasteiger partial charge is 0.343 e. The summed E-state index contributed by atoms with van der Waals surface area (Å²) in [7, 11) is 2.11. The Morgan fingerprint density at radius 3 is 2.53 bits per heavy atom. The molecule has 0 bridgehead atoms. The molecule has 0 N–H and O–H groups in total. The molecule has 3 heterocycles. The summed E-state index contributed by atoms with van der Waals surface area (Å²) in [6.45, 7) is 2.17. The minimum atomic E-state index is 1.21. The molecule has 3 aromatic heterocycles. The van der Waals surface area contributed by atoms with Crippen molar-refractivity contribution in [1.29, 1.82) is 0 Å². The average molecular weight is 247 g/mol. The molecule has 4 aromatic rings. The number of hydrogen-bond donors (Lipinski definition) is 0. The number of aromatic nitrogens is 3. The number of pyridine rings is 2. The molecule has 0 unspecified atom stereocenters. The lowest BCUT2D eigenvalue weighted by molar-refractivity contribution is 1.01. The van der Waals surface area contributed by atoms with Crippen molar-refractivity contribution in [3.8, 4) is 0 Å². The fourth-order valence-corrected chi connectivity index (χ4v) is 3.00. The van der Waals surface area contributed by atoms with E-state index in [-0.39, 0.29) is 0 Å². The Morgan fingerprint density at radius 2 is 1.68 bits per heavy atom. The number of nitrogens with zero attached hydrogens (tertiary/aromatic N) is 3.